The minimum absolute atomic E-state index is 0.206. The van der Waals surface area contributed by atoms with Crippen molar-refractivity contribution in [2.45, 2.75) is 32.3 Å². The third kappa shape index (κ3) is 2.18. The summed E-state index contributed by atoms with van der Waals surface area (Å²) in [6.45, 7) is 4.99. The van der Waals surface area contributed by atoms with E-state index in [1.165, 1.54) is 0 Å². The van der Waals surface area contributed by atoms with Crippen molar-refractivity contribution in [3.8, 4) is 0 Å². The van der Waals surface area contributed by atoms with E-state index in [0.29, 0.717) is 5.88 Å². The first-order chi connectivity index (χ1) is 9.70. The predicted octanol–water partition coefficient (Wildman–Crippen LogP) is 2.94. The molecule has 6 heteroatoms. The van der Waals surface area contributed by atoms with Gasteiger partial charge in [0.15, 0.2) is 5.65 Å². The van der Waals surface area contributed by atoms with Crippen LogP contribution in [-0.4, -0.2) is 24.1 Å². The zero-order valence-electron chi connectivity index (χ0n) is 11.5. The molecule has 20 heavy (non-hydrogen) atoms. The van der Waals surface area contributed by atoms with Gasteiger partial charge < -0.3 is 9.13 Å². The summed E-state index contributed by atoms with van der Waals surface area (Å²) in [7, 11) is 0. The predicted molar refractivity (Wildman–Crippen MR) is 78.8 cm³/mol. The van der Waals surface area contributed by atoms with Crippen LogP contribution in [0.1, 0.15) is 24.4 Å². The number of pyridine rings is 1. The van der Waals surface area contributed by atoms with Crippen LogP contribution in [0.2, 0.25) is 0 Å². The van der Waals surface area contributed by atoms with Crippen LogP contribution >= 0.6 is 11.6 Å². The average Bonchev–Trinajstić information content (AvgIpc) is 3.05. The van der Waals surface area contributed by atoms with Crippen LogP contribution < -0.4 is 0 Å². The molecule has 0 bridgehead atoms. The van der Waals surface area contributed by atoms with E-state index in [0.717, 1.165) is 29.1 Å². The highest BCUT2D eigenvalue weighted by Crippen LogP contribution is 2.23. The lowest BCUT2D eigenvalue weighted by Gasteiger charge is -2.16. The van der Waals surface area contributed by atoms with E-state index in [1.54, 1.807) is 6.20 Å². The van der Waals surface area contributed by atoms with Gasteiger partial charge in [-0.15, -0.1) is 11.6 Å². The Morgan fingerprint density at radius 3 is 2.90 bits per heavy atom. The maximum absolute atomic E-state index is 6.05. The highest BCUT2D eigenvalue weighted by Gasteiger charge is 2.17. The van der Waals surface area contributed by atoms with Gasteiger partial charge in [-0.1, -0.05) is 0 Å². The number of aromatic nitrogens is 5. The summed E-state index contributed by atoms with van der Waals surface area (Å²) in [5, 5.41) is 0. The Labute approximate surface area is 122 Å². The maximum Gasteiger partial charge on any atom is 0.160 e. The van der Waals surface area contributed by atoms with Crippen LogP contribution in [-0.2, 0) is 12.4 Å². The van der Waals surface area contributed by atoms with Crippen LogP contribution in [0.15, 0.2) is 31.0 Å². The lowest BCUT2D eigenvalue weighted by Crippen LogP contribution is -2.14. The molecule has 3 aromatic heterocycles. The number of hydrogen-bond donors (Lipinski definition) is 0. The Morgan fingerprint density at radius 2 is 2.20 bits per heavy atom. The molecule has 0 fully saturated rings. The van der Waals surface area contributed by atoms with Gasteiger partial charge in [0.25, 0.3) is 0 Å². The Balaban J connectivity index is 2.07. The van der Waals surface area contributed by atoms with Crippen LogP contribution in [0.4, 0.5) is 0 Å². The third-order valence-corrected chi connectivity index (χ3v) is 3.69. The van der Waals surface area contributed by atoms with Crippen LogP contribution in [0, 0.1) is 6.92 Å². The van der Waals surface area contributed by atoms with Gasteiger partial charge in [0.2, 0.25) is 0 Å². The van der Waals surface area contributed by atoms with Crippen molar-refractivity contribution < 1.29 is 0 Å². The fourth-order valence-corrected chi connectivity index (χ4v) is 2.68. The molecule has 104 valence electrons. The highest BCUT2D eigenvalue weighted by molar-refractivity contribution is 6.16. The van der Waals surface area contributed by atoms with Crippen LogP contribution in [0.3, 0.4) is 0 Å². The molecule has 0 aliphatic carbocycles. The first-order valence-electron chi connectivity index (χ1n) is 6.55. The molecule has 0 saturated heterocycles. The molecule has 1 atom stereocenters. The molecule has 3 aromatic rings. The number of nitrogens with zero attached hydrogens (tertiary/aromatic N) is 5. The molecule has 0 aliphatic heterocycles. The Morgan fingerprint density at radius 1 is 1.35 bits per heavy atom. The van der Waals surface area contributed by atoms with E-state index >= 15 is 0 Å². The van der Waals surface area contributed by atoms with E-state index in [-0.39, 0.29) is 6.04 Å². The lowest BCUT2D eigenvalue weighted by molar-refractivity contribution is 0.462. The SMILES string of the molecule is Cc1ccnc2c1nc(CCl)n2C(C)Cn1ccnc1. The van der Waals surface area contributed by atoms with Gasteiger partial charge in [-0.2, -0.15) is 0 Å². The minimum Gasteiger partial charge on any atom is -0.335 e. The van der Waals surface area contributed by atoms with Gasteiger partial charge in [-0.05, 0) is 25.5 Å². The first kappa shape index (κ1) is 13.1. The molecule has 0 aliphatic rings. The van der Waals surface area contributed by atoms with Gasteiger partial charge in [0, 0.05) is 25.1 Å². The lowest BCUT2D eigenvalue weighted by atomic mass is 10.2. The van der Waals surface area contributed by atoms with E-state index in [1.807, 2.05) is 36.3 Å². The van der Waals surface area contributed by atoms with Gasteiger partial charge in [-0.25, -0.2) is 15.0 Å². The van der Waals surface area contributed by atoms with E-state index in [4.69, 9.17) is 11.6 Å². The summed E-state index contributed by atoms with van der Waals surface area (Å²) in [6, 6.07) is 2.18. The average molecular weight is 290 g/mol. The van der Waals surface area contributed by atoms with Crippen molar-refractivity contribution in [3.05, 3.63) is 42.4 Å². The molecule has 3 rings (SSSR count). The second-order valence-corrected chi connectivity index (χ2v) is 5.21. The van der Waals surface area contributed by atoms with E-state index in [9.17, 15) is 0 Å². The Bertz CT molecular complexity index is 717. The molecular weight excluding hydrogens is 274 g/mol. The van der Waals surface area contributed by atoms with Crippen molar-refractivity contribution >= 4 is 22.8 Å². The second kappa shape index (κ2) is 5.25. The summed E-state index contributed by atoms with van der Waals surface area (Å²) in [5.74, 6) is 1.24. The summed E-state index contributed by atoms with van der Waals surface area (Å²) in [4.78, 5) is 13.2. The van der Waals surface area contributed by atoms with Crippen LogP contribution in [0.5, 0.6) is 0 Å². The molecule has 5 nitrogen and oxygen atoms in total. The van der Waals surface area contributed by atoms with Crippen molar-refractivity contribution in [1.82, 2.24) is 24.1 Å². The Hall–Kier alpha value is -1.88. The quantitative estimate of drug-likeness (QED) is 0.694. The van der Waals surface area contributed by atoms with Gasteiger partial charge in [0.05, 0.1) is 18.2 Å². The molecule has 0 spiro atoms. The van der Waals surface area contributed by atoms with Crippen molar-refractivity contribution in [2.75, 3.05) is 0 Å². The molecule has 0 radical (unpaired) electrons. The van der Waals surface area contributed by atoms with E-state index in [2.05, 4.69) is 26.4 Å². The summed E-state index contributed by atoms with van der Waals surface area (Å²) < 4.78 is 4.17. The number of aryl methyl sites for hydroxylation is 1. The van der Waals surface area contributed by atoms with Crippen molar-refractivity contribution in [2.24, 2.45) is 0 Å². The molecule has 3 heterocycles. The normalized spacial score (nSPS) is 12.9. The van der Waals surface area contributed by atoms with Gasteiger partial charge in [-0.3, -0.25) is 0 Å². The fraction of sp³-hybridized carbons (Fsp3) is 0.357. The first-order valence-corrected chi connectivity index (χ1v) is 7.08. The largest absolute Gasteiger partial charge is 0.335 e. The summed E-state index contributed by atoms with van der Waals surface area (Å²) >= 11 is 6.05. The smallest absolute Gasteiger partial charge is 0.160 e. The molecule has 0 saturated carbocycles. The van der Waals surface area contributed by atoms with Gasteiger partial charge in [0.1, 0.15) is 11.3 Å². The topological polar surface area (TPSA) is 48.5 Å². The minimum atomic E-state index is 0.206. The molecule has 0 amide bonds. The summed E-state index contributed by atoms with van der Waals surface area (Å²) in [5.41, 5.74) is 2.95. The number of fused-ring (bicyclic) bond motifs is 1. The Kier molecular flexibility index (Phi) is 3.44. The van der Waals surface area contributed by atoms with Crippen molar-refractivity contribution in [1.29, 1.82) is 0 Å². The van der Waals surface area contributed by atoms with Crippen molar-refractivity contribution in [3.63, 3.8) is 0 Å². The number of alkyl halides is 1. The number of rotatable bonds is 4. The maximum atomic E-state index is 6.05. The second-order valence-electron chi connectivity index (χ2n) is 4.94. The van der Waals surface area contributed by atoms with E-state index < -0.39 is 0 Å². The zero-order chi connectivity index (χ0) is 14.1. The molecule has 1 unspecified atom stereocenters. The fourth-order valence-electron chi connectivity index (χ4n) is 2.49. The zero-order valence-corrected chi connectivity index (χ0v) is 12.2. The summed E-state index contributed by atoms with van der Waals surface area (Å²) in [6.07, 6.45) is 7.37. The highest BCUT2D eigenvalue weighted by atomic mass is 35.5. The van der Waals surface area contributed by atoms with Crippen LogP contribution in [0.25, 0.3) is 11.2 Å². The third-order valence-electron chi connectivity index (χ3n) is 3.45. The number of imidazole rings is 2. The monoisotopic (exact) mass is 289 g/mol. The standard InChI is InChI=1S/C14H16ClN5/c1-10-3-4-17-14-13(10)18-12(7-15)20(14)11(2)8-19-6-5-16-9-19/h3-6,9,11H,7-8H2,1-2H3. The molecule has 0 aromatic carbocycles. The molecule has 0 N–H and O–H groups in total. The number of hydrogen-bond acceptors (Lipinski definition) is 3. The van der Waals surface area contributed by atoms with Gasteiger partial charge >= 0.3 is 0 Å². The number of halogens is 1. The molecular formula is C14H16ClN5.